The minimum Gasteiger partial charge on any atom is -0.285 e. The predicted molar refractivity (Wildman–Crippen MR) is 91.7 cm³/mol. The van der Waals surface area contributed by atoms with Crippen LogP contribution in [0.15, 0.2) is 58.8 Å². The zero-order chi connectivity index (χ0) is 14.8. The zero-order valence-corrected chi connectivity index (χ0v) is 13.7. The fraction of sp³-hybridized carbons (Fsp3) is 0.0625. The maximum absolute atomic E-state index is 8.20. The summed E-state index contributed by atoms with van der Waals surface area (Å²) in [6.45, 7) is 0. The summed E-state index contributed by atoms with van der Waals surface area (Å²) in [4.78, 5) is 1.70. The van der Waals surface area contributed by atoms with E-state index in [2.05, 4.69) is 18.4 Å². The van der Waals surface area contributed by atoms with Crippen LogP contribution in [0.3, 0.4) is 0 Å². The van der Waals surface area contributed by atoms with Gasteiger partial charge in [-0.3, -0.25) is 9.98 Å². The molecule has 2 nitrogen and oxygen atoms in total. The fourth-order valence-corrected chi connectivity index (χ4v) is 3.50. The molecule has 3 rings (SSSR count). The Hall–Kier alpha value is -1.49. The third-order valence-corrected chi connectivity index (χ3v) is 4.90. The number of thiazole rings is 1. The third-order valence-electron chi connectivity index (χ3n) is 3.18. The Morgan fingerprint density at radius 1 is 1.14 bits per heavy atom. The van der Waals surface area contributed by atoms with Crippen LogP contribution in [0.25, 0.3) is 16.9 Å². The second-order valence-electron chi connectivity index (χ2n) is 4.47. The molecule has 0 aliphatic rings. The average Bonchev–Trinajstić information content (AvgIpc) is 2.90. The number of benzene rings is 2. The summed E-state index contributed by atoms with van der Waals surface area (Å²) in [7, 11) is 0. The maximum Gasteiger partial charge on any atom is 0.187 e. The summed E-state index contributed by atoms with van der Waals surface area (Å²) in [6.07, 6.45) is 2.05. The lowest BCUT2D eigenvalue weighted by atomic mass is 10.1. The van der Waals surface area contributed by atoms with Crippen molar-refractivity contribution >= 4 is 34.7 Å². The molecule has 0 radical (unpaired) electrons. The Morgan fingerprint density at radius 3 is 2.62 bits per heavy atom. The number of rotatable bonds is 3. The highest BCUT2D eigenvalue weighted by Gasteiger charge is 2.09. The highest BCUT2D eigenvalue weighted by molar-refractivity contribution is 7.98. The van der Waals surface area contributed by atoms with Gasteiger partial charge in [0.05, 0.1) is 5.69 Å². The van der Waals surface area contributed by atoms with E-state index in [0.29, 0.717) is 4.80 Å². The molecule has 3 aromatic rings. The van der Waals surface area contributed by atoms with Crippen molar-refractivity contribution in [1.82, 2.24) is 4.57 Å². The molecule has 0 saturated carbocycles. The lowest BCUT2D eigenvalue weighted by Gasteiger charge is -2.10. The van der Waals surface area contributed by atoms with E-state index >= 15 is 0 Å². The number of hydrogen-bond donors (Lipinski definition) is 1. The van der Waals surface area contributed by atoms with Gasteiger partial charge in [-0.1, -0.05) is 29.8 Å². The van der Waals surface area contributed by atoms with Gasteiger partial charge in [0.25, 0.3) is 0 Å². The Morgan fingerprint density at radius 2 is 1.90 bits per heavy atom. The molecular formula is C16H13ClN2S2. The third kappa shape index (κ3) is 2.93. The summed E-state index contributed by atoms with van der Waals surface area (Å²) in [5.41, 5.74) is 3.08. The van der Waals surface area contributed by atoms with E-state index in [-0.39, 0.29) is 0 Å². The van der Waals surface area contributed by atoms with Crippen molar-refractivity contribution in [1.29, 1.82) is 5.41 Å². The lowest BCUT2D eigenvalue weighted by Crippen LogP contribution is -2.12. The monoisotopic (exact) mass is 332 g/mol. The summed E-state index contributed by atoms with van der Waals surface area (Å²) >= 11 is 9.09. The van der Waals surface area contributed by atoms with E-state index in [1.165, 1.54) is 16.2 Å². The molecular weight excluding hydrogens is 320 g/mol. The van der Waals surface area contributed by atoms with Gasteiger partial charge < -0.3 is 0 Å². The van der Waals surface area contributed by atoms with Crippen LogP contribution in [-0.4, -0.2) is 10.8 Å². The van der Waals surface area contributed by atoms with Crippen LogP contribution >= 0.6 is 34.7 Å². The van der Waals surface area contributed by atoms with Crippen LogP contribution in [0.2, 0.25) is 5.02 Å². The molecule has 1 N–H and O–H groups in total. The molecule has 1 heterocycles. The quantitative estimate of drug-likeness (QED) is 0.667. The molecule has 0 aliphatic carbocycles. The second-order valence-corrected chi connectivity index (χ2v) is 6.64. The first-order chi connectivity index (χ1) is 10.2. The van der Waals surface area contributed by atoms with Gasteiger partial charge in [-0.25, -0.2) is 0 Å². The van der Waals surface area contributed by atoms with E-state index in [4.69, 9.17) is 17.0 Å². The lowest BCUT2D eigenvalue weighted by molar-refractivity contribution is 0.982. The summed E-state index contributed by atoms with van der Waals surface area (Å²) in [5.74, 6) is 0. The molecule has 2 aromatic carbocycles. The van der Waals surface area contributed by atoms with Crippen LogP contribution in [0.4, 0.5) is 0 Å². The van der Waals surface area contributed by atoms with E-state index in [1.807, 2.05) is 46.3 Å². The van der Waals surface area contributed by atoms with Crippen molar-refractivity contribution in [2.75, 3.05) is 6.26 Å². The number of thioether (sulfide) groups is 1. The molecule has 0 unspecified atom stereocenters. The van der Waals surface area contributed by atoms with Crippen LogP contribution in [0, 0.1) is 5.41 Å². The minimum absolute atomic E-state index is 0.512. The number of halogens is 1. The van der Waals surface area contributed by atoms with Crippen molar-refractivity contribution in [3.05, 3.63) is 63.7 Å². The summed E-state index contributed by atoms with van der Waals surface area (Å²) < 4.78 is 1.97. The topological polar surface area (TPSA) is 28.8 Å². The molecule has 106 valence electrons. The van der Waals surface area contributed by atoms with E-state index in [0.717, 1.165) is 22.0 Å². The smallest absolute Gasteiger partial charge is 0.187 e. The van der Waals surface area contributed by atoms with Crippen LogP contribution in [0.5, 0.6) is 0 Å². The number of nitrogens with one attached hydrogen (secondary N) is 1. The van der Waals surface area contributed by atoms with Gasteiger partial charge in [0, 0.05) is 21.0 Å². The van der Waals surface area contributed by atoms with E-state index in [1.54, 1.807) is 11.8 Å². The standard InChI is InChI=1S/C16H13ClN2S2/c1-20-14-4-2-3-13(9-14)19-15(10-21-16(19)18)11-5-7-12(17)8-6-11/h2-10,18H,1H3. The highest BCUT2D eigenvalue weighted by atomic mass is 35.5. The van der Waals surface area contributed by atoms with Gasteiger partial charge in [0.2, 0.25) is 0 Å². The number of hydrogen-bond acceptors (Lipinski definition) is 3. The Labute approximate surface area is 136 Å². The SMILES string of the molecule is CSc1cccc(-n2c(-c3ccc(Cl)cc3)csc2=N)c1. The first-order valence-electron chi connectivity index (χ1n) is 6.34. The van der Waals surface area contributed by atoms with Crippen molar-refractivity contribution in [3.8, 4) is 16.9 Å². The summed E-state index contributed by atoms with van der Waals surface area (Å²) in [5, 5.41) is 10.9. The molecule has 5 heteroatoms. The predicted octanol–water partition coefficient (Wildman–Crippen LogP) is 5.06. The van der Waals surface area contributed by atoms with Crippen LogP contribution in [0.1, 0.15) is 0 Å². The van der Waals surface area contributed by atoms with E-state index in [9.17, 15) is 0 Å². The number of nitrogens with zero attached hydrogens (tertiary/aromatic N) is 1. The number of aromatic nitrogens is 1. The van der Waals surface area contributed by atoms with Crippen LogP contribution in [-0.2, 0) is 0 Å². The van der Waals surface area contributed by atoms with Gasteiger partial charge >= 0.3 is 0 Å². The first-order valence-corrected chi connectivity index (χ1v) is 8.83. The first kappa shape index (κ1) is 14.4. The summed E-state index contributed by atoms with van der Waals surface area (Å²) in [6, 6.07) is 16.0. The minimum atomic E-state index is 0.512. The Balaban J connectivity index is 2.17. The van der Waals surface area contributed by atoms with E-state index < -0.39 is 0 Å². The molecule has 1 aromatic heterocycles. The van der Waals surface area contributed by atoms with Gasteiger partial charge in [0.15, 0.2) is 4.80 Å². The van der Waals surface area contributed by atoms with Crippen molar-refractivity contribution in [2.45, 2.75) is 4.90 Å². The molecule has 0 aliphatic heterocycles. The molecule has 0 fully saturated rings. The largest absolute Gasteiger partial charge is 0.285 e. The fourth-order valence-electron chi connectivity index (χ4n) is 2.15. The molecule has 0 spiro atoms. The zero-order valence-electron chi connectivity index (χ0n) is 11.3. The van der Waals surface area contributed by atoms with Crippen LogP contribution < -0.4 is 4.80 Å². The Bertz CT molecular complexity index is 819. The molecule has 21 heavy (non-hydrogen) atoms. The van der Waals surface area contributed by atoms with Crippen molar-refractivity contribution in [3.63, 3.8) is 0 Å². The van der Waals surface area contributed by atoms with Gasteiger partial charge in [-0.05, 0) is 42.2 Å². The highest BCUT2D eigenvalue weighted by Crippen LogP contribution is 2.26. The molecule has 0 saturated heterocycles. The molecule has 0 atom stereocenters. The Kier molecular flexibility index (Phi) is 4.19. The normalized spacial score (nSPS) is 10.8. The second kappa shape index (κ2) is 6.10. The average molecular weight is 333 g/mol. The maximum atomic E-state index is 8.20. The van der Waals surface area contributed by atoms with Gasteiger partial charge in [-0.2, -0.15) is 0 Å². The van der Waals surface area contributed by atoms with Gasteiger partial charge in [0.1, 0.15) is 0 Å². The van der Waals surface area contributed by atoms with Gasteiger partial charge in [-0.15, -0.1) is 23.1 Å². The van der Waals surface area contributed by atoms with Crippen molar-refractivity contribution in [2.24, 2.45) is 0 Å². The molecule has 0 bridgehead atoms. The van der Waals surface area contributed by atoms with Crippen molar-refractivity contribution < 1.29 is 0 Å². The molecule has 0 amide bonds.